The molecule has 4 aromatic rings. The standard InChI is InChI=1S/C26H23FN4O3/c1-17(32)22-23-20(33)16-21(28-18-8-4-2-5-9-18)31(19-10-6-3-7-11-19)25(23)29-26(24(22)27)30-12-14-34-15-13-30/h2-11,16,28H,12-15H2,1H3. The quantitative estimate of drug-likeness (QED) is 0.449. The summed E-state index contributed by atoms with van der Waals surface area (Å²) in [6.07, 6.45) is 0. The number of anilines is 3. The summed E-state index contributed by atoms with van der Waals surface area (Å²) >= 11 is 0. The number of carbonyl (C=O) groups is 1. The minimum Gasteiger partial charge on any atom is -0.378 e. The van der Waals surface area contributed by atoms with Crippen molar-refractivity contribution in [3.8, 4) is 5.69 Å². The Labute approximate surface area is 195 Å². The number of rotatable bonds is 5. The number of nitrogens with zero attached hydrogens (tertiary/aromatic N) is 3. The fourth-order valence-electron chi connectivity index (χ4n) is 4.22. The van der Waals surface area contributed by atoms with Gasteiger partial charge in [-0.3, -0.25) is 14.2 Å². The third-order valence-corrected chi connectivity index (χ3v) is 5.79. The molecule has 5 rings (SSSR count). The topological polar surface area (TPSA) is 76.5 Å². The molecule has 172 valence electrons. The molecule has 1 aliphatic heterocycles. The number of para-hydroxylation sites is 2. The Balaban J connectivity index is 1.86. The summed E-state index contributed by atoms with van der Waals surface area (Å²) < 4.78 is 22.8. The first-order chi connectivity index (χ1) is 16.5. The van der Waals surface area contributed by atoms with Crippen molar-refractivity contribution < 1.29 is 13.9 Å². The second-order valence-electron chi connectivity index (χ2n) is 8.03. The molecule has 1 fully saturated rings. The van der Waals surface area contributed by atoms with Crippen LogP contribution in [0.4, 0.5) is 21.7 Å². The van der Waals surface area contributed by atoms with E-state index in [-0.39, 0.29) is 22.4 Å². The second-order valence-corrected chi connectivity index (χ2v) is 8.03. The van der Waals surface area contributed by atoms with Crippen LogP contribution in [0.5, 0.6) is 0 Å². The Kier molecular flexibility index (Phi) is 5.81. The lowest BCUT2D eigenvalue weighted by atomic mass is 10.1. The SMILES string of the molecule is CC(=O)c1c(F)c(N2CCOCC2)nc2c1c(=O)cc(Nc1ccccc1)n2-c1ccccc1. The summed E-state index contributed by atoms with van der Waals surface area (Å²) in [6, 6.07) is 20.1. The number of Topliss-reactive ketones (excluding diaryl/α,β-unsaturated/α-hetero) is 1. The van der Waals surface area contributed by atoms with Gasteiger partial charge in [0, 0.05) is 30.5 Å². The molecular weight excluding hydrogens is 435 g/mol. The maximum atomic E-state index is 15.7. The average molecular weight is 458 g/mol. The number of morpholine rings is 1. The van der Waals surface area contributed by atoms with Crippen LogP contribution >= 0.6 is 0 Å². The molecule has 0 unspecified atom stereocenters. The van der Waals surface area contributed by atoms with Crippen LogP contribution in [-0.4, -0.2) is 41.6 Å². The molecule has 0 aliphatic carbocycles. The van der Waals surface area contributed by atoms with E-state index in [2.05, 4.69) is 10.3 Å². The molecule has 0 radical (unpaired) electrons. The minimum absolute atomic E-state index is 0.0375. The predicted octanol–water partition coefficient (Wildman–Crippen LogP) is 4.31. The maximum absolute atomic E-state index is 15.7. The van der Waals surface area contributed by atoms with Gasteiger partial charge in [0.2, 0.25) is 0 Å². The Morgan fingerprint density at radius 3 is 2.32 bits per heavy atom. The molecule has 1 N–H and O–H groups in total. The Bertz CT molecular complexity index is 1420. The van der Waals surface area contributed by atoms with E-state index in [9.17, 15) is 9.59 Å². The van der Waals surface area contributed by atoms with Gasteiger partial charge in [0.05, 0.1) is 24.2 Å². The Morgan fingerprint density at radius 2 is 1.68 bits per heavy atom. The highest BCUT2D eigenvalue weighted by Crippen LogP contribution is 2.31. The number of aromatic nitrogens is 2. The highest BCUT2D eigenvalue weighted by Gasteiger charge is 2.27. The molecule has 8 heteroatoms. The fourth-order valence-corrected chi connectivity index (χ4v) is 4.22. The van der Waals surface area contributed by atoms with E-state index in [4.69, 9.17) is 4.74 Å². The first-order valence-corrected chi connectivity index (χ1v) is 11.0. The van der Waals surface area contributed by atoms with Gasteiger partial charge < -0.3 is 15.0 Å². The smallest absolute Gasteiger partial charge is 0.194 e. The van der Waals surface area contributed by atoms with E-state index < -0.39 is 17.0 Å². The lowest BCUT2D eigenvalue weighted by molar-refractivity contribution is 0.101. The number of ketones is 1. The van der Waals surface area contributed by atoms with E-state index in [0.717, 1.165) is 5.69 Å². The van der Waals surface area contributed by atoms with Crippen molar-refractivity contribution in [3.63, 3.8) is 0 Å². The number of ether oxygens (including phenoxy) is 1. The van der Waals surface area contributed by atoms with Crippen LogP contribution in [0.15, 0.2) is 71.5 Å². The van der Waals surface area contributed by atoms with Crippen LogP contribution in [0, 0.1) is 5.82 Å². The summed E-state index contributed by atoms with van der Waals surface area (Å²) in [5.41, 5.74) is 0.976. The number of halogens is 1. The number of carbonyl (C=O) groups excluding carboxylic acids is 1. The third kappa shape index (κ3) is 3.92. The summed E-state index contributed by atoms with van der Waals surface area (Å²) in [6.45, 7) is 2.99. The van der Waals surface area contributed by atoms with Crippen molar-refractivity contribution in [2.75, 3.05) is 36.5 Å². The minimum atomic E-state index is -0.776. The first-order valence-electron chi connectivity index (χ1n) is 11.0. The zero-order valence-corrected chi connectivity index (χ0v) is 18.6. The van der Waals surface area contributed by atoms with Crippen molar-refractivity contribution in [3.05, 3.63) is 88.3 Å². The zero-order chi connectivity index (χ0) is 23.7. The van der Waals surface area contributed by atoms with Gasteiger partial charge in [0.1, 0.15) is 5.82 Å². The van der Waals surface area contributed by atoms with Gasteiger partial charge in [0.15, 0.2) is 28.5 Å². The molecule has 0 spiro atoms. The predicted molar refractivity (Wildman–Crippen MR) is 130 cm³/mol. The second kappa shape index (κ2) is 9.07. The van der Waals surface area contributed by atoms with Crippen molar-refractivity contribution in [2.45, 2.75) is 6.92 Å². The maximum Gasteiger partial charge on any atom is 0.194 e. The van der Waals surface area contributed by atoms with Crippen LogP contribution in [0.1, 0.15) is 17.3 Å². The van der Waals surface area contributed by atoms with E-state index in [1.165, 1.54) is 13.0 Å². The molecule has 2 aromatic carbocycles. The number of benzene rings is 2. The Morgan fingerprint density at radius 1 is 1.03 bits per heavy atom. The molecule has 34 heavy (non-hydrogen) atoms. The molecule has 0 atom stereocenters. The molecular formula is C26H23FN4O3. The van der Waals surface area contributed by atoms with Crippen molar-refractivity contribution in [1.29, 1.82) is 0 Å². The lowest BCUT2D eigenvalue weighted by Gasteiger charge is -2.29. The van der Waals surface area contributed by atoms with E-state index >= 15 is 4.39 Å². The number of hydrogen-bond donors (Lipinski definition) is 1. The largest absolute Gasteiger partial charge is 0.378 e. The third-order valence-electron chi connectivity index (χ3n) is 5.79. The molecule has 1 saturated heterocycles. The summed E-state index contributed by atoms with van der Waals surface area (Å²) in [7, 11) is 0. The van der Waals surface area contributed by atoms with Gasteiger partial charge in [-0.25, -0.2) is 9.37 Å². The van der Waals surface area contributed by atoms with E-state index in [1.54, 1.807) is 9.47 Å². The summed E-state index contributed by atoms with van der Waals surface area (Å²) in [4.78, 5) is 32.3. The number of fused-ring (bicyclic) bond motifs is 1. The van der Waals surface area contributed by atoms with Gasteiger partial charge in [-0.2, -0.15) is 0 Å². The summed E-state index contributed by atoms with van der Waals surface area (Å²) in [5, 5.41) is 3.24. The Hall–Kier alpha value is -4.04. The molecule has 1 aliphatic rings. The fraction of sp³-hybridized carbons (Fsp3) is 0.192. The molecule has 2 aromatic heterocycles. The zero-order valence-electron chi connectivity index (χ0n) is 18.6. The van der Waals surface area contributed by atoms with Gasteiger partial charge in [-0.15, -0.1) is 0 Å². The van der Waals surface area contributed by atoms with Crippen LogP contribution in [0.3, 0.4) is 0 Å². The van der Waals surface area contributed by atoms with Crippen LogP contribution in [0.25, 0.3) is 16.7 Å². The van der Waals surface area contributed by atoms with Crippen LogP contribution in [0.2, 0.25) is 0 Å². The van der Waals surface area contributed by atoms with Crippen molar-refractivity contribution in [1.82, 2.24) is 9.55 Å². The molecule has 3 heterocycles. The first kappa shape index (κ1) is 21.8. The molecule has 0 bridgehead atoms. The van der Waals surface area contributed by atoms with Crippen molar-refractivity contribution >= 4 is 34.1 Å². The normalized spacial score (nSPS) is 13.8. The van der Waals surface area contributed by atoms with Gasteiger partial charge in [0.25, 0.3) is 0 Å². The number of hydrogen-bond acceptors (Lipinski definition) is 6. The summed E-state index contributed by atoms with van der Waals surface area (Å²) in [5.74, 6) is -0.805. The molecule has 0 amide bonds. The van der Waals surface area contributed by atoms with E-state index in [1.807, 2.05) is 60.7 Å². The number of nitrogens with one attached hydrogen (secondary N) is 1. The highest BCUT2D eigenvalue weighted by atomic mass is 19.1. The van der Waals surface area contributed by atoms with Gasteiger partial charge in [-0.05, 0) is 31.2 Å². The highest BCUT2D eigenvalue weighted by molar-refractivity contribution is 6.07. The number of pyridine rings is 2. The van der Waals surface area contributed by atoms with E-state index in [0.29, 0.717) is 37.8 Å². The van der Waals surface area contributed by atoms with Crippen LogP contribution in [-0.2, 0) is 4.74 Å². The van der Waals surface area contributed by atoms with Gasteiger partial charge in [-0.1, -0.05) is 36.4 Å². The molecule has 7 nitrogen and oxygen atoms in total. The monoisotopic (exact) mass is 458 g/mol. The van der Waals surface area contributed by atoms with Crippen molar-refractivity contribution in [2.24, 2.45) is 0 Å². The average Bonchev–Trinajstić information content (AvgIpc) is 2.85. The molecule has 0 saturated carbocycles. The lowest BCUT2D eigenvalue weighted by Crippen LogP contribution is -2.38. The van der Waals surface area contributed by atoms with Gasteiger partial charge >= 0.3 is 0 Å². The van der Waals surface area contributed by atoms with Crippen LogP contribution < -0.4 is 15.6 Å².